The van der Waals surface area contributed by atoms with E-state index in [0.717, 1.165) is 13.0 Å². The molecule has 0 aliphatic carbocycles. The molecule has 0 aromatic carbocycles. The summed E-state index contributed by atoms with van der Waals surface area (Å²) in [5, 5.41) is 0. The van der Waals surface area contributed by atoms with Gasteiger partial charge in [-0.15, -0.1) is 0 Å². The molecular formula is C9H21NO. The molecule has 0 aromatic rings. The molecule has 0 fully saturated rings. The Labute approximate surface area is 70.1 Å². The zero-order valence-electron chi connectivity index (χ0n) is 8.13. The maximum Gasteiger partial charge on any atom is 0.0465 e. The molecule has 0 rings (SSSR count). The molecule has 0 aliphatic rings. The normalized spacial score (nSPS) is 16.9. The van der Waals surface area contributed by atoms with Crippen LogP contribution in [0.4, 0.5) is 0 Å². The van der Waals surface area contributed by atoms with Gasteiger partial charge in [0.15, 0.2) is 0 Å². The van der Waals surface area contributed by atoms with E-state index in [0.29, 0.717) is 17.9 Å². The van der Waals surface area contributed by atoms with Gasteiger partial charge in [-0.3, -0.25) is 0 Å². The molecule has 0 aliphatic heterocycles. The van der Waals surface area contributed by atoms with Crippen LogP contribution in [0.15, 0.2) is 0 Å². The van der Waals surface area contributed by atoms with Crippen LogP contribution in [0.2, 0.25) is 0 Å². The molecule has 2 atom stereocenters. The summed E-state index contributed by atoms with van der Waals surface area (Å²) in [4.78, 5) is 0. The van der Waals surface area contributed by atoms with E-state index in [-0.39, 0.29) is 0 Å². The summed E-state index contributed by atoms with van der Waals surface area (Å²) in [5.41, 5.74) is 5.95. The van der Waals surface area contributed by atoms with Crippen LogP contribution >= 0.6 is 0 Å². The Hall–Kier alpha value is -0.0800. The lowest BCUT2D eigenvalue weighted by atomic mass is 9.91. The first kappa shape index (κ1) is 10.9. The van der Waals surface area contributed by atoms with E-state index in [1.54, 1.807) is 7.11 Å². The van der Waals surface area contributed by atoms with Gasteiger partial charge in [-0.2, -0.15) is 0 Å². The Morgan fingerprint density at radius 2 is 1.82 bits per heavy atom. The third kappa shape index (κ3) is 4.38. The molecule has 0 amide bonds. The molecule has 2 nitrogen and oxygen atoms in total. The summed E-state index contributed by atoms with van der Waals surface area (Å²) in [7, 11) is 1.73. The van der Waals surface area contributed by atoms with Crippen molar-refractivity contribution in [1.29, 1.82) is 0 Å². The topological polar surface area (TPSA) is 35.2 Å². The second kappa shape index (κ2) is 5.56. The Morgan fingerprint density at radius 1 is 1.27 bits per heavy atom. The minimum absolute atomic E-state index is 0.310. The molecule has 2 N–H and O–H groups in total. The minimum Gasteiger partial charge on any atom is -0.385 e. The zero-order valence-corrected chi connectivity index (χ0v) is 8.13. The average Bonchev–Trinajstić information content (AvgIpc) is 1.98. The lowest BCUT2D eigenvalue weighted by Crippen LogP contribution is -2.34. The van der Waals surface area contributed by atoms with E-state index in [2.05, 4.69) is 20.8 Å². The molecule has 0 bridgehead atoms. The molecule has 0 aromatic heterocycles. The number of hydrogen-bond acceptors (Lipinski definition) is 2. The van der Waals surface area contributed by atoms with E-state index < -0.39 is 0 Å². The third-order valence-corrected chi connectivity index (χ3v) is 2.20. The van der Waals surface area contributed by atoms with Gasteiger partial charge in [-0.1, -0.05) is 20.8 Å². The molecule has 2 unspecified atom stereocenters. The van der Waals surface area contributed by atoms with E-state index in [1.165, 1.54) is 0 Å². The lowest BCUT2D eigenvalue weighted by Gasteiger charge is -2.22. The smallest absolute Gasteiger partial charge is 0.0465 e. The number of hydrogen-bond donors (Lipinski definition) is 1. The largest absolute Gasteiger partial charge is 0.385 e. The van der Waals surface area contributed by atoms with Crippen molar-refractivity contribution in [2.45, 2.75) is 33.2 Å². The van der Waals surface area contributed by atoms with Gasteiger partial charge in [-0.05, 0) is 18.3 Å². The quantitative estimate of drug-likeness (QED) is 0.662. The molecule has 0 saturated carbocycles. The van der Waals surface area contributed by atoms with Crippen LogP contribution in [0.1, 0.15) is 27.2 Å². The van der Waals surface area contributed by atoms with E-state index >= 15 is 0 Å². The Kier molecular flexibility index (Phi) is 5.51. The second-order valence-electron chi connectivity index (χ2n) is 3.58. The van der Waals surface area contributed by atoms with Gasteiger partial charge in [0.05, 0.1) is 0 Å². The van der Waals surface area contributed by atoms with Gasteiger partial charge in [0.1, 0.15) is 0 Å². The third-order valence-electron chi connectivity index (χ3n) is 2.20. The molecule has 2 heteroatoms. The number of rotatable bonds is 5. The highest BCUT2D eigenvalue weighted by atomic mass is 16.5. The van der Waals surface area contributed by atoms with Crippen LogP contribution in [0.3, 0.4) is 0 Å². The summed E-state index contributed by atoms with van der Waals surface area (Å²) in [6.07, 6.45) is 1.07. The van der Waals surface area contributed by atoms with Gasteiger partial charge in [0, 0.05) is 19.8 Å². The van der Waals surface area contributed by atoms with E-state index in [4.69, 9.17) is 10.5 Å². The Balaban J connectivity index is 3.55. The summed E-state index contributed by atoms with van der Waals surface area (Å²) < 4.78 is 4.99. The SMILES string of the molecule is COCCC(C)C(N)C(C)C. The molecule has 0 heterocycles. The Bertz CT molecular complexity index is 93.6. The van der Waals surface area contributed by atoms with Crippen LogP contribution in [0, 0.1) is 11.8 Å². The van der Waals surface area contributed by atoms with Crippen molar-refractivity contribution in [2.75, 3.05) is 13.7 Å². The number of nitrogens with two attached hydrogens (primary N) is 1. The Morgan fingerprint density at radius 3 is 2.18 bits per heavy atom. The standard InChI is InChI=1S/C9H21NO/c1-7(2)9(10)8(3)5-6-11-4/h7-9H,5-6,10H2,1-4H3. The molecular weight excluding hydrogens is 138 g/mol. The number of ether oxygens (including phenoxy) is 1. The summed E-state index contributed by atoms with van der Waals surface area (Å²) in [6.45, 7) is 7.33. The van der Waals surface area contributed by atoms with E-state index in [1.807, 2.05) is 0 Å². The van der Waals surface area contributed by atoms with Crippen LogP contribution in [-0.4, -0.2) is 19.8 Å². The summed E-state index contributed by atoms with van der Waals surface area (Å²) in [5.74, 6) is 1.14. The highest BCUT2D eigenvalue weighted by molar-refractivity contribution is 4.71. The van der Waals surface area contributed by atoms with Crippen molar-refractivity contribution in [3.05, 3.63) is 0 Å². The van der Waals surface area contributed by atoms with Gasteiger partial charge < -0.3 is 10.5 Å². The maximum atomic E-state index is 5.95. The van der Waals surface area contributed by atoms with Crippen molar-refractivity contribution < 1.29 is 4.74 Å². The van der Waals surface area contributed by atoms with Crippen molar-refractivity contribution in [3.63, 3.8) is 0 Å². The highest BCUT2D eigenvalue weighted by Crippen LogP contribution is 2.13. The summed E-state index contributed by atoms with van der Waals surface area (Å²) >= 11 is 0. The predicted molar refractivity (Wildman–Crippen MR) is 48.5 cm³/mol. The predicted octanol–water partition coefficient (Wildman–Crippen LogP) is 1.64. The van der Waals surface area contributed by atoms with Crippen LogP contribution < -0.4 is 5.73 Å². The second-order valence-corrected chi connectivity index (χ2v) is 3.58. The zero-order chi connectivity index (χ0) is 8.85. The number of methoxy groups -OCH3 is 1. The van der Waals surface area contributed by atoms with Gasteiger partial charge in [0.25, 0.3) is 0 Å². The van der Waals surface area contributed by atoms with E-state index in [9.17, 15) is 0 Å². The van der Waals surface area contributed by atoms with Gasteiger partial charge >= 0.3 is 0 Å². The van der Waals surface area contributed by atoms with Crippen LogP contribution in [-0.2, 0) is 4.74 Å². The highest BCUT2D eigenvalue weighted by Gasteiger charge is 2.15. The molecule has 11 heavy (non-hydrogen) atoms. The van der Waals surface area contributed by atoms with Crippen molar-refractivity contribution in [1.82, 2.24) is 0 Å². The first-order valence-electron chi connectivity index (χ1n) is 4.34. The average molecular weight is 159 g/mol. The van der Waals surface area contributed by atoms with Gasteiger partial charge in [0.2, 0.25) is 0 Å². The van der Waals surface area contributed by atoms with Crippen molar-refractivity contribution in [2.24, 2.45) is 17.6 Å². The molecule has 0 radical (unpaired) electrons. The minimum atomic E-state index is 0.310. The monoisotopic (exact) mass is 159 g/mol. The lowest BCUT2D eigenvalue weighted by molar-refractivity contribution is 0.169. The van der Waals surface area contributed by atoms with Gasteiger partial charge in [-0.25, -0.2) is 0 Å². The fourth-order valence-corrected chi connectivity index (χ4v) is 1.15. The fourth-order valence-electron chi connectivity index (χ4n) is 1.15. The maximum absolute atomic E-state index is 5.95. The van der Waals surface area contributed by atoms with Crippen LogP contribution in [0.5, 0.6) is 0 Å². The first-order chi connectivity index (χ1) is 5.09. The summed E-state index contributed by atoms with van der Waals surface area (Å²) in [6, 6.07) is 0.310. The fraction of sp³-hybridized carbons (Fsp3) is 1.00. The van der Waals surface area contributed by atoms with Crippen molar-refractivity contribution in [3.8, 4) is 0 Å². The molecule has 0 saturated heterocycles. The van der Waals surface area contributed by atoms with Crippen molar-refractivity contribution >= 4 is 0 Å². The molecule has 0 spiro atoms. The molecule has 68 valence electrons. The first-order valence-corrected chi connectivity index (χ1v) is 4.34. The van der Waals surface area contributed by atoms with Crippen LogP contribution in [0.25, 0.3) is 0 Å².